The molecule has 78 valence electrons. The molecule has 2 rings (SSSR count). The predicted octanol–water partition coefficient (Wildman–Crippen LogP) is 4.49. The lowest BCUT2D eigenvalue weighted by atomic mass is 10.2. The van der Waals surface area contributed by atoms with Crippen molar-refractivity contribution >= 4 is 61.6 Å². The number of hydrogen-bond donors (Lipinski definition) is 0. The minimum atomic E-state index is -0.664. The second-order valence-electron chi connectivity index (χ2n) is 2.66. The molecule has 0 radical (unpaired) electrons. The van der Waals surface area contributed by atoms with E-state index in [4.69, 9.17) is 34.8 Å². The third kappa shape index (κ3) is 1.91. The van der Waals surface area contributed by atoms with Gasteiger partial charge in [0, 0.05) is 4.47 Å². The fraction of sp³-hybridized carbons (Fsp3) is 0. The van der Waals surface area contributed by atoms with Gasteiger partial charge in [-0.3, -0.25) is 0 Å². The van der Waals surface area contributed by atoms with Crippen LogP contribution in [0.4, 0.5) is 4.39 Å². The third-order valence-electron chi connectivity index (χ3n) is 1.75. The molecule has 15 heavy (non-hydrogen) atoms. The highest BCUT2D eigenvalue weighted by atomic mass is 79.9. The van der Waals surface area contributed by atoms with Crippen LogP contribution in [0.25, 0.3) is 10.9 Å². The Morgan fingerprint density at radius 1 is 1.20 bits per heavy atom. The lowest BCUT2D eigenvalue weighted by molar-refractivity contribution is 0.638. The summed E-state index contributed by atoms with van der Waals surface area (Å²) in [7, 11) is 0. The van der Waals surface area contributed by atoms with E-state index in [1.54, 1.807) is 0 Å². The molecule has 0 atom stereocenters. The molecule has 1 aromatic heterocycles. The molecule has 2 nitrogen and oxygen atoms in total. The topological polar surface area (TPSA) is 25.8 Å². The first kappa shape index (κ1) is 11.3. The smallest absolute Gasteiger partial charge is 0.218 e. The summed E-state index contributed by atoms with van der Waals surface area (Å²) in [5, 5.41) is -0.0948. The van der Waals surface area contributed by atoms with Crippen molar-refractivity contribution in [3.63, 3.8) is 0 Å². The van der Waals surface area contributed by atoms with Crippen LogP contribution in [0.3, 0.4) is 0 Å². The van der Waals surface area contributed by atoms with E-state index in [2.05, 4.69) is 25.9 Å². The number of halogens is 5. The minimum Gasteiger partial charge on any atom is -0.218 e. The van der Waals surface area contributed by atoms with Crippen LogP contribution in [0.2, 0.25) is 15.5 Å². The zero-order valence-corrected chi connectivity index (χ0v) is 10.7. The first-order valence-electron chi connectivity index (χ1n) is 3.67. The van der Waals surface area contributed by atoms with Gasteiger partial charge in [-0.05, 0) is 33.6 Å². The molecular weight excluding hydrogens is 329 g/mol. The van der Waals surface area contributed by atoms with Crippen LogP contribution in [-0.4, -0.2) is 9.97 Å². The lowest BCUT2D eigenvalue weighted by Gasteiger charge is -2.04. The van der Waals surface area contributed by atoms with Crippen LogP contribution in [0.1, 0.15) is 0 Å². The van der Waals surface area contributed by atoms with Gasteiger partial charge < -0.3 is 0 Å². The highest BCUT2D eigenvalue weighted by molar-refractivity contribution is 9.10. The second kappa shape index (κ2) is 4.01. The van der Waals surface area contributed by atoms with E-state index < -0.39 is 5.82 Å². The maximum atomic E-state index is 13.7. The quantitative estimate of drug-likeness (QED) is 0.404. The fourth-order valence-electron chi connectivity index (χ4n) is 1.13. The Balaban J connectivity index is 2.99. The third-order valence-corrected chi connectivity index (χ3v) is 3.42. The Bertz CT molecular complexity index is 561. The molecule has 0 aliphatic carbocycles. The Hall–Kier alpha value is -0.160. The monoisotopic (exact) mass is 328 g/mol. The van der Waals surface area contributed by atoms with Crippen LogP contribution in [-0.2, 0) is 0 Å². The Kier molecular flexibility index (Phi) is 3.03. The van der Waals surface area contributed by atoms with Gasteiger partial charge in [0.1, 0.15) is 5.15 Å². The fourth-order valence-corrected chi connectivity index (χ4v) is 2.15. The van der Waals surface area contributed by atoms with Crippen LogP contribution < -0.4 is 0 Å². The summed E-state index contributed by atoms with van der Waals surface area (Å²) in [6.45, 7) is 0. The molecule has 7 heteroatoms. The van der Waals surface area contributed by atoms with Crippen LogP contribution in [0, 0.1) is 5.82 Å². The molecule has 2 aromatic rings. The van der Waals surface area contributed by atoms with Crippen molar-refractivity contribution in [1.29, 1.82) is 0 Å². The molecule has 0 saturated heterocycles. The van der Waals surface area contributed by atoms with Crippen molar-refractivity contribution in [2.24, 2.45) is 0 Å². The average Bonchev–Trinajstić information content (AvgIpc) is 2.13. The van der Waals surface area contributed by atoms with Gasteiger partial charge in [0.25, 0.3) is 0 Å². The molecule has 0 saturated carbocycles. The van der Waals surface area contributed by atoms with Crippen molar-refractivity contribution in [3.8, 4) is 0 Å². The minimum absolute atomic E-state index is 0.0406. The number of aromatic nitrogens is 2. The molecule has 0 aliphatic rings. The molecule has 1 aromatic carbocycles. The zero-order valence-electron chi connectivity index (χ0n) is 6.86. The number of hydrogen-bond acceptors (Lipinski definition) is 2. The summed E-state index contributed by atoms with van der Waals surface area (Å²) in [5.74, 6) is -0.664. The van der Waals surface area contributed by atoms with Crippen LogP contribution in [0.5, 0.6) is 0 Å². The molecule has 0 bridgehead atoms. The standard InChI is InChI=1S/C8HBrCl3FN2/c9-2-1-3-4(6(13)5(2)10)7(11)15-8(12)14-3/h1H. The van der Waals surface area contributed by atoms with Gasteiger partial charge in [0.2, 0.25) is 5.28 Å². The number of benzene rings is 1. The van der Waals surface area contributed by atoms with E-state index in [-0.39, 0.29) is 20.8 Å². The lowest BCUT2D eigenvalue weighted by Crippen LogP contribution is -1.91. The molecule has 0 amide bonds. The van der Waals surface area contributed by atoms with E-state index in [1.807, 2.05) is 0 Å². The average molecular weight is 330 g/mol. The van der Waals surface area contributed by atoms with Gasteiger partial charge in [-0.15, -0.1) is 0 Å². The highest BCUT2D eigenvalue weighted by Gasteiger charge is 2.15. The summed E-state index contributed by atoms with van der Waals surface area (Å²) >= 11 is 20.1. The van der Waals surface area contributed by atoms with E-state index >= 15 is 0 Å². The Labute approximate surface area is 107 Å². The molecule has 0 fully saturated rings. The van der Waals surface area contributed by atoms with Crippen LogP contribution >= 0.6 is 50.7 Å². The summed E-state index contributed by atoms with van der Waals surface area (Å²) in [6, 6.07) is 1.53. The van der Waals surface area contributed by atoms with E-state index in [9.17, 15) is 4.39 Å². The van der Waals surface area contributed by atoms with E-state index in [0.717, 1.165) is 0 Å². The first-order chi connectivity index (χ1) is 7.00. The van der Waals surface area contributed by atoms with Crippen LogP contribution in [0.15, 0.2) is 10.5 Å². The Morgan fingerprint density at radius 3 is 2.53 bits per heavy atom. The predicted molar refractivity (Wildman–Crippen MR) is 62.2 cm³/mol. The van der Waals surface area contributed by atoms with Crippen molar-refractivity contribution in [1.82, 2.24) is 9.97 Å². The van der Waals surface area contributed by atoms with Crippen molar-refractivity contribution in [3.05, 3.63) is 31.8 Å². The van der Waals surface area contributed by atoms with E-state index in [1.165, 1.54) is 6.07 Å². The first-order valence-corrected chi connectivity index (χ1v) is 5.59. The van der Waals surface area contributed by atoms with E-state index in [0.29, 0.717) is 9.99 Å². The maximum Gasteiger partial charge on any atom is 0.224 e. The number of nitrogens with zero attached hydrogens (tertiary/aromatic N) is 2. The highest BCUT2D eigenvalue weighted by Crippen LogP contribution is 2.34. The molecule has 0 spiro atoms. The Morgan fingerprint density at radius 2 is 1.87 bits per heavy atom. The van der Waals surface area contributed by atoms with Gasteiger partial charge >= 0.3 is 0 Å². The molecule has 0 unspecified atom stereocenters. The maximum absolute atomic E-state index is 13.7. The SMILES string of the molecule is Fc1c(Cl)c(Br)cc2nc(Cl)nc(Cl)c12. The molecule has 0 N–H and O–H groups in total. The molecular formula is C8HBrCl3FN2. The molecule has 0 aliphatic heterocycles. The molecule has 1 heterocycles. The van der Waals surface area contributed by atoms with Gasteiger partial charge in [0.05, 0.1) is 15.9 Å². The zero-order chi connectivity index (χ0) is 11.2. The summed E-state index contributed by atoms with van der Waals surface area (Å²) in [6.07, 6.45) is 0. The van der Waals surface area contributed by atoms with Crippen molar-refractivity contribution in [2.75, 3.05) is 0 Å². The number of fused-ring (bicyclic) bond motifs is 1. The van der Waals surface area contributed by atoms with Crippen molar-refractivity contribution in [2.45, 2.75) is 0 Å². The summed E-state index contributed by atoms with van der Waals surface area (Å²) in [4.78, 5) is 7.48. The van der Waals surface area contributed by atoms with Gasteiger partial charge in [0.15, 0.2) is 5.82 Å². The van der Waals surface area contributed by atoms with Gasteiger partial charge in [-0.1, -0.05) is 23.2 Å². The van der Waals surface area contributed by atoms with Gasteiger partial charge in [-0.2, -0.15) is 0 Å². The van der Waals surface area contributed by atoms with Gasteiger partial charge in [-0.25, -0.2) is 14.4 Å². The van der Waals surface area contributed by atoms with Crippen molar-refractivity contribution < 1.29 is 4.39 Å². The summed E-state index contributed by atoms with van der Waals surface area (Å²) in [5.41, 5.74) is 0.300. The normalized spacial score (nSPS) is 11.0. The summed E-state index contributed by atoms with van der Waals surface area (Å²) < 4.78 is 14.1. The second-order valence-corrected chi connectivity index (χ2v) is 4.59. The number of rotatable bonds is 0. The largest absolute Gasteiger partial charge is 0.224 e.